The van der Waals surface area contributed by atoms with E-state index < -0.39 is 0 Å². The first kappa shape index (κ1) is 13.1. The number of hydrogen-bond donors (Lipinski definition) is 2. The van der Waals surface area contributed by atoms with Crippen LogP contribution in [0.5, 0.6) is 0 Å². The van der Waals surface area contributed by atoms with Gasteiger partial charge in [-0.15, -0.1) is 11.8 Å². The van der Waals surface area contributed by atoms with Crippen LogP contribution < -0.4 is 11.3 Å². The van der Waals surface area contributed by atoms with Gasteiger partial charge >= 0.3 is 0 Å². The molecule has 0 spiro atoms. The first-order chi connectivity index (χ1) is 8.29. The SMILES string of the molecule is NNC(CSc1cccc(Br)c1)c1ccsc1. The van der Waals surface area contributed by atoms with E-state index in [4.69, 9.17) is 5.84 Å². The van der Waals surface area contributed by atoms with Crippen LogP contribution in [-0.4, -0.2) is 5.75 Å². The van der Waals surface area contributed by atoms with Crippen LogP contribution in [0.4, 0.5) is 0 Å². The van der Waals surface area contributed by atoms with Crippen molar-refractivity contribution in [3.8, 4) is 0 Å². The van der Waals surface area contributed by atoms with Crippen molar-refractivity contribution in [3.05, 3.63) is 51.1 Å². The third kappa shape index (κ3) is 3.82. The molecule has 1 aromatic heterocycles. The summed E-state index contributed by atoms with van der Waals surface area (Å²) in [6.45, 7) is 0. The zero-order valence-electron chi connectivity index (χ0n) is 9.10. The van der Waals surface area contributed by atoms with Gasteiger partial charge < -0.3 is 0 Å². The van der Waals surface area contributed by atoms with E-state index in [-0.39, 0.29) is 6.04 Å². The van der Waals surface area contributed by atoms with Gasteiger partial charge in [0.1, 0.15) is 0 Å². The Bertz CT molecular complexity index is 459. The number of hydrazine groups is 1. The molecule has 0 aliphatic rings. The maximum absolute atomic E-state index is 5.59. The van der Waals surface area contributed by atoms with E-state index in [1.807, 2.05) is 12.1 Å². The minimum Gasteiger partial charge on any atom is -0.271 e. The van der Waals surface area contributed by atoms with Crippen LogP contribution in [0.3, 0.4) is 0 Å². The lowest BCUT2D eigenvalue weighted by molar-refractivity contribution is 0.612. The fourth-order valence-electron chi connectivity index (χ4n) is 1.45. The van der Waals surface area contributed by atoms with Crippen molar-refractivity contribution in [2.45, 2.75) is 10.9 Å². The summed E-state index contributed by atoms with van der Waals surface area (Å²) in [7, 11) is 0. The highest BCUT2D eigenvalue weighted by Crippen LogP contribution is 2.27. The molecule has 0 aliphatic carbocycles. The normalized spacial score (nSPS) is 12.6. The second-order valence-electron chi connectivity index (χ2n) is 3.54. The molecule has 1 aromatic carbocycles. The van der Waals surface area contributed by atoms with Crippen molar-refractivity contribution < 1.29 is 0 Å². The van der Waals surface area contributed by atoms with Crippen molar-refractivity contribution in [1.29, 1.82) is 0 Å². The summed E-state index contributed by atoms with van der Waals surface area (Å²) >= 11 is 6.97. The Morgan fingerprint density at radius 3 is 2.94 bits per heavy atom. The number of halogens is 1. The van der Waals surface area contributed by atoms with E-state index in [0.717, 1.165) is 10.2 Å². The lowest BCUT2D eigenvalue weighted by Crippen LogP contribution is -2.29. The molecule has 2 aromatic rings. The third-order valence-electron chi connectivity index (χ3n) is 2.36. The highest BCUT2D eigenvalue weighted by Gasteiger charge is 2.10. The molecule has 0 aliphatic heterocycles. The van der Waals surface area contributed by atoms with Crippen molar-refractivity contribution in [3.63, 3.8) is 0 Å². The van der Waals surface area contributed by atoms with Gasteiger partial charge in [-0.2, -0.15) is 11.3 Å². The second-order valence-corrected chi connectivity index (χ2v) is 6.33. The first-order valence-corrected chi connectivity index (χ1v) is 7.88. The molecule has 0 amide bonds. The topological polar surface area (TPSA) is 38.0 Å². The smallest absolute Gasteiger partial charge is 0.0562 e. The summed E-state index contributed by atoms with van der Waals surface area (Å²) in [6.07, 6.45) is 0. The lowest BCUT2D eigenvalue weighted by Gasteiger charge is -2.14. The van der Waals surface area contributed by atoms with E-state index in [2.05, 4.69) is 50.3 Å². The number of hydrogen-bond acceptors (Lipinski definition) is 4. The van der Waals surface area contributed by atoms with Gasteiger partial charge in [0.2, 0.25) is 0 Å². The minimum atomic E-state index is 0.199. The number of nitrogens with one attached hydrogen (secondary N) is 1. The van der Waals surface area contributed by atoms with Crippen molar-refractivity contribution in [2.75, 3.05) is 5.75 Å². The average molecular weight is 329 g/mol. The Balaban J connectivity index is 1.97. The Labute approximate surface area is 118 Å². The minimum absolute atomic E-state index is 0.199. The van der Waals surface area contributed by atoms with Crippen LogP contribution in [0, 0.1) is 0 Å². The van der Waals surface area contributed by atoms with E-state index in [1.165, 1.54) is 10.5 Å². The maximum atomic E-state index is 5.59. The molecule has 1 unspecified atom stereocenters. The molecule has 0 saturated heterocycles. The fourth-order valence-corrected chi connectivity index (χ4v) is 3.75. The second kappa shape index (κ2) is 6.56. The number of thioether (sulfide) groups is 1. The van der Waals surface area contributed by atoms with Crippen LogP contribution in [0.1, 0.15) is 11.6 Å². The van der Waals surface area contributed by atoms with Crippen molar-refractivity contribution >= 4 is 39.0 Å². The van der Waals surface area contributed by atoms with Crippen molar-refractivity contribution in [2.24, 2.45) is 5.84 Å². The number of rotatable bonds is 5. The van der Waals surface area contributed by atoms with Crippen LogP contribution in [0.25, 0.3) is 0 Å². The lowest BCUT2D eigenvalue weighted by atomic mass is 10.2. The molecule has 0 saturated carbocycles. The van der Waals surface area contributed by atoms with Gasteiger partial charge in [-0.3, -0.25) is 11.3 Å². The van der Waals surface area contributed by atoms with Gasteiger partial charge in [0.05, 0.1) is 6.04 Å². The molecule has 1 atom stereocenters. The molecule has 1 heterocycles. The molecule has 17 heavy (non-hydrogen) atoms. The van der Waals surface area contributed by atoms with Crippen LogP contribution in [0.15, 0.2) is 50.5 Å². The fraction of sp³-hybridized carbons (Fsp3) is 0.167. The highest BCUT2D eigenvalue weighted by molar-refractivity contribution is 9.10. The molecule has 2 nitrogen and oxygen atoms in total. The molecule has 0 bridgehead atoms. The number of thiophene rings is 1. The summed E-state index contributed by atoms with van der Waals surface area (Å²) in [6, 6.07) is 10.6. The molecule has 3 N–H and O–H groups in total. The van der Waals surface area contributed by atoms with Crippen molar-refractivity contribution in [1.82, 2.24) is 5.43 Å². The average Bonchev–Trinajstić information content (AvgIpc) is 2.84. The van der Waals surface area contributed by atoms with Gasteiger partial charge in [-0.25, -0.2) is 0 Å². The molecule has 2 rings (SSSR count). The van der Waals surface area contributed by atoms with Gasteiger partial charge in [0, 0.05) is 15.1 Å². The maximum Gasteiger partial charge on any atom is 0.0562 e. The predicted octanol–water partition coefficient (Wildman–Crippen LogP) is 3.81. The van der Waals surface area contributed by atoms with Gasteiger partial charge in [-0.05, 0) is 40.6 Å². The van der Waals surface area contributed by atoms with E-state index >= 15 is 0 Å². The summed E-state index contributed by atoms with van der Waals surface area (Å²) in [4.78, 5) is 1.25. The molecule has 0 fully saturated rings. The number of nitrogens with two attached hydrogens (primary N) is 1. The molecule has 90 valence electrons. The van der Waals surface area contributed by atoms with E-state index in [9.17, 15) is 0 Å². The highest BCUT2D eigenvalue weighted by atomic mass is 79.9. The van der Waals surface area contributed by atoms with Gasteiger partial charge in [-0.1, -0.05) is 22.0 Å². The van der Waals surface area contributed by atoms with Gasteiger partial charge in [0.25, 0.3) is 0 Å². The Morgan fingerprint density at radius 1 is 1.41 bits per heavy atom. The zero-order chi connectivity index (χ0) is 12.1. The molecule has 5 heteroatoms. The molecular weight excluding hydrogens is 316 g/mol. The zero-order valence-corrected chi connectivity index (χ0v) is 12.3. The first-order valence-electron chi connectivity index (χ1n) is 5.16. The van der Waals surface area contributed by atoms with Crippen LogP contribution in [-0.2, 0) is 0 Å². The summed E-state index contributed by atoms with van der Waals surface area (Å²) in [5.74, 6) is 6.51. The summed E-state index contributed by atoms with van der Waals surface area (Å²) in [5.41, 5.74) is 4.11. The predicted molar refractivity (Wildman–Crippen MR) is 79.2 cm³/mol. The van der Waals surface area contributed by atoms with Crippen LogP contribution >= 0.6 is 39.0 Å². The molecular formula is C12H13BrN2S2. The Hall–Kier alpha value is -0.330. The standard InChI is InChI=1S/C12H13BrN2S2/c13-10-2-1-3-11(6-10)17-8-12(15-14)9-4-5-16-7-9/h1-7,12,15H,8,14H2. The Morgan fingerprint density at radius 2 is 2.29 bits per heavy atom. The van der Waals surface area contributed by atoms with E-state index in [0.29, 0.717) is 0 Å². The quantitative estimate of drug-likeness (QED) is 0.498. The largest absolute Gasteiger partial charge is 0.271 e. The van der Waals surface area contributed by atoms with E-state index in [1.54, 1.807) is 23.1 Å². The van der Waals surface area contributed by atoms with Crippen LogP contribution in [0.2, 0.25) is 0 Å². The molecule has 0 radical (unpaired) electrons. The third-order valence-corrected chi connectivity index (χ3v) is 4.64. The Kier molecular flexibility index (Phi) is 5.06. The monoisotopic (exact) mass is 328 g/mol. The number of benzene rings is 1. The summed E-state index contributed by atoms with van der Waals surface area (Å²) in [5, 5.41) is 4.20. The summed E-state index contributed by atoms with van der Waals surface area (Å²) < 4.78 is 1.11. The van der Waals surface area contributed by atoms with Gasteiger partial charge in [0.15, 0.2) is 0 Å².